The maximum atomic E-state index is 12.9. The fourth-order valence-corrected chi connectivity index (χ4v) is 4.52. The van der Waals surface area contributed by atoms with Crippen LogP contribution in [-0.4, -0.2) is 35.3 Å². The quantitative estimate of drug-likeness (QED) is 0.576. The summed E-state index contributed by atoms with van der Waals surface area (Å²) in [4.78, 5) is 32.0. The summed E-state index contributed by atoms with van der Waals surface area (Å²) >= 11 is 7.26. The summed E-state index contributed by atoms with van der Waals surface area (Å²) in [6, 6.07) is 11.4. The van der Waals surface area contributed by atoms with E-state index in [1.807, 2.05) is 45.0 Å². The summed E-state index contributed by atoms with van der Waals surface area (Å²) in [5.74, 6) is -0.460. The van der Waals surface area contributed by atoms with Crippen LogP contribution >= 0.6 is 22.9 Å². The normalized spacial score (nSPS) is 10.7. The molecule has 3 aromatic rings. The van der Waals surface area contributed by atoms with Crippen LogP contribution in [0.5, 0.6) is 0 Å². The molecule has 5 nitrogen and oxygen atoms in total. The average molecular weight is 442 g/mol. The van der Waals surface area contributed by atoms with Gasteiger partial charge in [-0.3, -0.25) is 9.59 Å². The third-order valence-electron chi connectivity index (χ3n) is 4.75. The topological polar surface area (TPSA) is 62.3 Å². The Labute approximate surface area is 185 Å². The number of anilines is 1. The highest BCUT2D eigenvalue weighted by atomic mass is 35.5. The summed E-state index contributed by atoms with van der Waals surface area (Å²) < 4.78 is 0. The molecular weight excluding hydrogens is 418 g/mol. The summed E-state index contributed by atoms with van der Waals surface area (Å²) in [6.45, 7) is 7.70. The first kappa shape index (κ1) is 22.0. The molecule has 30 heavy (non-hydrogen) atoms. The van der Waals surface area contributed by atoms with E-state index >= 15 is 0 Å². The van der Waals surface area contributed by atoms with Gasteiger partial charge in [0.25, 0.3) is 5.91 Å². The van der Waals surface area contributed by atoms with Crippen LogP contribution in [0.15, 0.2) is 36.4 Å². The van der Waals surface area contributed by atoms with Gasteiger partial charge in [0, 0.05) is 23.3 Å². The fourth-order valence-electron chi connectivity index (χ4n) is 3.33. The molecular formula is C23H24ClN3O2S. The van der Waals surface area contributed by atoms with E-state index in [-0.39, 0.29) is 18.4 Å². The van der Waals surface area contributed by atoms with E-state index in [1.165, 1.54) is 16.2 Å². The number of nitrogens with one attached hydrogen (secondary N) is 1. The van der Waals surface area contributed by atoms with E-state index in [0.29, 0.717) is 15.6 Å². The minimum Gasteiger partial charge on any atom is -0.332 e. The standard InChI is InChI=1S/C23H24ClN3O2S/c1-13-10-14(2)20(15(3)11-13)26-19(28)12-27(5)23(29)21-16(4)25-22(30-21)17-6-8-18(24)9-7-17/h6-11H,12H2,1-5H3,(H,26,28). The third-order valence-corrected chi connectivity index (χ3v) is 6.20. The maximum Gasteiger partial charge on any atom is 0.266 e. The van der Waals surface area contributed by atoms with E-state index in [9.17, 15) is 9.59 Å². The third kappa shape index (κ3) is 4.89. The average Bonchev–Trinajstić information content (AvgIpc) is 3.06. The predicted molar refractivity (Wildman–Crippen MR) is 124 cm³/mol. The van der Waals surface area contributed by atoms with E-state index in [4.69, 9.17) is 11.6 Å². The Morgan fingerprint density at radius 2 is 1.67 bits per heavy atom. The molecule has 3 rings (SSSR count). The van der Waals surface area contributed by atoms with Crippen molar-refractivity contribution in [3.8, 4) is 10.6 Å². The van der Waals surface area contributed by atoms with Gasteiger partial charge in [0.15, 0.2) is 0 Å². The molecule has 0 atom stereocenters. The lowest BCUT2D eigenvalue weighted by atomic mass is 10.1. The molecule has 0 radical (unpaired) electrons. The van der Waals surface area contributed by atoms with Gasteiger partial charge in [-0.1, -0.05) is 41.4 Å². The highest BCUT2D eigenvalue weighted by molar-refractivity contribution is 7.17. The lowest BCUT2D eigenvalue weighted by Crippen LogP contribution is -2.35. The Bertz CT molecular complexity index is 1080. The maximum absolute atomic E-state index is 12.9. The van der Waals surface area contributed by atoms with Crippen LogP contribution in [-0.2, 0) is 4.79 Å². The van der Waals surface area contributed by atoms with Gasteiger partial charge >= 0.3 is 0 Å². The van der Waals surface area contributed by atoms with Crippen LogP contribution in [0.3, 0.4) is 0 Å². The van der Waals surface area contributed by atoms with Gasteiger partial charge in [-0.25, -0.2) is 4.98 Å². The molecule has 0 fully saturated rings. The van der Waals surface area contributed by atoms with E-state index < -0.39 is 0 Å². The molecule has 2 amide bonds. The Hall–Kier alpha value is -2.70. The summed E-state index contributed by atoms with van der Waals surface area (Å²) in [5.41, 5.74) is 5.49. The Morgan fingerprint density at radius 3 is 2.27 bits per heavy atom. The highest BCUT2D eigenvalue weighted by Crippen LogP contribution is 2.29. The Kier molecular flexibility index (Phi) is 6.58. The lowest BCUT2D eigenvalue weighted by molar-refractivity contribution is -0.116. The molecule has 1 heterocycles. The van der Waals surface area contributed by atoms with Crippen molar-refractivity contribution in [3.05, 3.63) is 68.7 Å². The largest absolute Gasteiger partial charge is 0.332 e. The minimum absolute atomic E-state index is 0.0425. The predicted octanol–water partition coefficient (Wildman–Crippen LogP) is 5.41. The zero-order valence-electron chi connectivity index (χ0n) is 17.7. The Balaban J connectivity index is 1.72. The number of hydrogen-bond donors (Lipinski definition) is 1. The van der Waals surface area contributed by atoms with Crippen molar-refractivity contribution in [3.63, 3.8) is 0 Å². The number of amides is 2. The molecule has 7 heteroatoms. The molecule has 1 aromatic heterocycles. The molecule has 0 unspecified atom stereocenters. The first-order valence-electron chi connectivity index (χ1n) is 9.52. The number of hydrogen-bond acceptors (Lipinski definition) is 4. The first-order chi connectivity index (χ1) is 14.2. The van der Waals surface area contributed by atoms with E-state index in [2.05, 4.69) is 10.3 Å². The van der Waals surface area contributed by atoms with Crippen LogP contribution < -0.4 is 5.32 Å². The zero-order valence-corrected chi connectivity index (χ0v) is 19.2. The van der Waals surface area contributed by atoms with Crippen molar-refractivity contribution in [2.75, 3.05) is 18.9 Å². The van der Waals surface area contributed by atoms with Crippen molar-refractivity contribution < 1.29 is 9.59 Å². The molecule has 156 valence electrons. The number of likely N-dealkylation sites (N-methyl/N-ethyl adjacent to an activating group) is 1. The van der Waals surface area contributed by atoms with Crippen molar-refractivity contribution in [2.24, 2.45) is 0 Å². The van der Waals surface area contributed by atoms with Gasteiger partial charge < -0.3 is 10.2 Å². The van der Waals surface area contributed by atoms with E-state index in [0.717, 1.165) is 32.9 Å². The van der Waals surface area contributed by atoms with Crippen LogP contribution in [0.4, 0.5) is 5.69 Å². The number of benzene rings is 2. The van der Waals surface area contributed by atoms with Crippen LogP contribution in [0, 0.1) is 27.7 Å². The second-order valence-corrected chi connectivity index (χ2v) is 8.86. The number of nitrogens with zero attached hydrogens (tertiary/aromatic N) is 2. The molecule has 0 saturated carbocycles. The van der Waals surface area contributed by atoms with Crippen molar-refractivity contribution in [2.45, 2.75) is 27.7 Å². The van der Waals surface area contributed by atoms with Crippen molar-refractivity contribution >= 4 is 40.4 Å². The number of carbonyl (C=O) groups is 2. The van der Waals surface area contributed by atoms with Gasteiger partial charge in [0.05, 0.1) is 12.2 Å². The second-order valence-electron chi connectivity index (χ2n) is 7.42. The Morgan fingerprint density at radius 1 is 1.07 bits per heavy atom. The number of aromatic nitrogens is 1. The lowest BCUT2D eigenvalue weighted by Gasteiger charge is -2.18. The molecule has 0 aliphatic heterocycles. The van der Waals surface area contributed by atoms with Gasteiger partial charge in [-0.15, -0.1) is 11.3 Å². The smallest absolute Gasteiger partial charge is 0.266 e. The SMILES string of the molecule is Cc1cc(C)c(NC(=O)CN(C)C(=O)c2sc(-c3ccc(Cl)cc3)nc2C)c(C)c1. The molecule has 1 N–H and O–H groups in total. The second kappa shape index (κ2) is 8.98. The first-order valence-corrected chi connectivity index (χ1v) is 10.7. The number of aryl methyl sites for hydroxylation is 4. The molecule has 0 saturated heterocycles. The van der Waals surface area contributed by atoms with Crippen LogP contribution in [0.1, 0.15) is 32.1 Å². The molecule has 0 aliphatic carbocycles. The van der Waals surface area contributed by atoms with Crippen molar-refractivity contribution in [1.29, 1.82) is 0 Å². The van der Waals surface area contributed by atoms with Crippen LogP contribution in [0.25, 0.3) is 10.6 Å². The zero-order chi connectivity index (χ0) is 22.0. The van der Waals surface area contributed by atoms with E-state index in [1.54, 1.807) is 26.1 Å². The highest BCUT2D eigenvalue weighted by Gasteiger charge is 2.21. The van der Waals surface area contributed by atoms with Gasteiger partial charge in [0.2, 0.25) is 5.91 Å². The van der Waals surface area contributed by atoms with Crippen LogP contribution in [0.2, 0.25) is 5.02 Å². The van der Waals surface area contributed by atoms with Gasteiger partial charge in [-0.2, -0.15) is 0 Å². The number of thiazole rings is 1. The number of rotatable bonds is 5. The summed E-state index contributed by atoms with van der Waals surface area (Å²) in [7, 11) is 1.62. The summed E-state index contributed by atoms with van der Waals surface area (Å²) in [5, 5.41) is 4.33. The fraction of sp³-hybridized carbons (Fsp3) is 0.261. The molecule has 0 spiro atoms. The molecule has 0 bridgehead atoms. The monoisotopic (exact) mass is 441 g/mol. The van der Waals surface area contributed by atoms with Gasteiger partial charge in [-0.05, 0) is 51.0 Å². The summed E-state index contributed by atoms with van der Waals surface area (Å²) in [6.07, 6.45) is 0. The number of carbonyl (C=O) groups excluding carboxylic acids is 2. The van der Waals surface area contributed by atoms with Crippen molar-refractivity contribution in [1.82, 2.24) is 9.88 Å². The molecule has 2 aromatic carbocycles. The molecule has 0 aliphatic rings. The minimum atomic E-state index is -0.235. The number of halogens is 1. The van der Waals surface area contributed by atoms with Gasteiger partial charge in [0.1, 0.15) is 9.88 Å².